The first-order valence-electron chi connectivity index (χ1n) is 7.01. The Balaban J connectivity index is 2.48. The summed E-state index contributed by atoms with van der Waals surface area (Å²) >= 11 is 0. The highest BCUT2D eigenvalue weighted by atomic mass is 16.5. The molecule has 0 aromatic rings. The summed E-state index contributed by atoms with van der Waals surface area (Å²) in [6.07, 6.45) is 0.104. The second-order valence-electron chi connectivity index (χ2n) is 6.38. The fourth-order valence-electron chi connectivity index (χ4n) is 2.65. The third kappa shape index (κ3) is 5.09. The minimum Gasteiger partial charge on any atom is -0.370 e. The highest BCUT2D eigenvalue weighted by Crippen LogP contribution is 2.20. The van der Waals surface area contributed by atoms with Gasteiger partial charge < -0.3 is 15.0 Å². The van der Waals surface area contributed by atoms with Crippen LogP contribution in [-0.4, -0.2) is 73.1 Å². The van der Waals surface area contributed by atoms with Crippen molar-refractivity contribution in [3.8, 4) is 0 Å². The van der Waals surface area contributed by atoms with Gasteiger partial charge in [0.05, 0.1) is 18.2 Å². The molecule has 0 radical (unpaired) electrons. The maximum Gasteiger partial charge on any atom is 0.244 e. The van der Waals surface area contributed by atoms with Gasteiger partial charge in [0.15, 0.2) is 0 Å². The van der Waals surface area contributed by atoms with Crippen molar-refractivity contribution in [1.29, 1.82) is 0 Å². The Hall–Kier alpha value is -1.14. The molecule has 0 saturated carbocycles. The van der Waals surface area contributed by atoms with Gasteiger partial charge in [0.2, 0.25) is 11.8 Å². The molecule has 1 aliphatic rings. The van der Waals surface area contributed by atoms with Crippen LogP contribution in [0.2, 0.25) is 0 Å². The molecular formula is C14H27N3O3. The van der Waals surface area contributed by atoms with Crippen molar-refractivity contribution in [3.63, 3.8) is 0 Å². The molecule has 1 fully saturated rings. The Morgan fingerprint density at radius 3 is 2.55 bits per heavy atom. The van der Waals surface area contributed by atoms with Crippen molar-refractivity contribution in [2.45, 2.75) is 45.4 Å². The maximum atomic E-state index is 12.0. The lowest BCUT2D eigenvalue weighted by Crippen LogP contribution is -2.55. The number of morpholine rings is 1. The van der Waals surface area contributed by atoms with Gasteiger partial charge in [0, 0.05) is 27.2 Å². The lowest BCUT2D eigenvalue weighted by Gasteiger charge is -2.41. The van der Waals surface area contributed by atoms with E-state index in [0.29, 0.717) is 13.1 Å². The summed E-state index contributed by atoms with van der Waals surface area (Å²) in [5.41, 5.74) is -0.247. The molecule has 116 valence electrons. The highest BCUT2D eigenvalue weighted by Gasteiger charge is 2.32. The van der Waals surface area contributed by atoms with Gasteiger partial charge in [-0.3, -0.25) is 14.5 Å². The van der Waals surface area contributed by atoms with Crippen molar-refractivity contribution in [2.75, 3.05) is 33.7 Å². The molecule has 0 bridgehead atoms. The Morgan fingerprint density at radius 1 is 1.45 bits per heavy atom. The molecule has 0 aromatic heterocycles. The number of ether oxygens (including phenoxy) is 1. The predicted octanol–water partition coefficient (Wildman–Crippen LogP) is 0.0786. The fraction of sp³-hybridized carbons (Fsp3) is 0.857. The standard InChI is InChI=1S/C14H27N3O3/c1-10-7-17(9-14(3,4)20-10)8-12(18)15-11(2)13(19)16(5)6/h10-11H,7-9H2,1-6H3,(H,15,18). The first-order valence-corrected chi connectivity index (χ1v) is 7.01. The molecule has 20 heavy (non-hydrogen) atoms. The molecule has 1 aliphatic heterocycles. The molecule has 0 aliphatic carbocycles. The molecule has 6 nitrogen and oxygen atoms in total. The van der Waals surface area contributed by atoms with Crippen LogP contribution in [0.15, 0.2) is 0 Å². The van der Waals surface area contributed by atoms with E-state index in [9.17, 15) is 9.59 Å². The van der Waals surface area contributed by atoms with Crippen LogP contribution in [0, 0.1) is 0 Å². The number of carbonyl (C=O) groups is 2. The Bertz CT molecular complexity index is 369. The predicted molar refractivity (Wildman–Crippen MR) is 77.4 cm³/mol. The van der Waals surface area contributed by atoms with Crippen molar-refractivity contribution >= 4 is 11.8 Å². The average Bonchev–Trinajstić information content (AvgIpc) is 2.24. The number of hydrogen-bond donors (Lipinski definition) is 1. The molecule has 1 rings (SSSR count). The van der Waals surface area contributed by atoms with E-state index in [1.807, 2.05) is 20.8 Å². The molecule has 1 saturated heterocycles. The minimum absolute atomic E-state index is 0.103. The molecule has 2 amide bonds. The normalized spacial score (nSPS) is 24.0. The molecule has 2 atom stereocenters. The molecular weight excluding hydrogens is 258 g/mol. The van der Waals surface area contributed by atoms with Gasteiger partial charge >= 0.3 is 0 Å². The molecule has 0 spiro atoms. The monoisotopic (exact) mass is 285 g/mol. The number of carbonyl (C=O) groups excluding carboxylic acids is 2. The first-order chi connectivity index (χ1) is 9.10. The van der Waals surface area contributed by atoms with Crippen LogP contribution in [0.1, 0.15) is 27.7 Å². The number of nitrogens with one attached hydrogen (secondary N) is 1. The van der Waals surface area contributed by atoms with E-state index >= 15 is 0 Å². The fourth-order valence-corrected chi connectivity index (χ4v) is 2.65. The van der Waals surface area contributed by atoms with Crippen molar-refractivity contribution in [3.05, 3.63) is 0 Å². The molecule has 1 heterocycles. The smallest absolute Gasteiger partial charge is 0.244 e. The third-order valence-corrected chi connectivity index (χ3v) is 3.20. The number of hydrogen-bond acceptors (Lipinski definition) is 4. The van der Waals surface area contributed by atoms with Gasteiger partial charge in [-0.1, -0.05) is 0 Å². The summed E-state index contributed by atoms with van der Waals surface area (Å²) < 4.78 is 5.80. The van der Waals surface area contributed by atoms with Crippen molar-refractivity contribution < 1.29 is 14.3 Å². The Labute approximate surface area is 121 Å². The van der Waals surface area contributed by atoms with Gasteiger partial charge in [-0.25, -0.2) is 0 Å². The van der Waals surface area contributed by atoms with Gasteiger partial charge in [0.1, 0.15) is 6.04 Å². The van der Waals surface area contributed by atoms with Crippen LogP contribution in [0.5, 0.6) is 0 Å². The maximum absolute atomic E-state index is 12.0. The quantitative estimate of drug-likeness (QED) is 0.794. The van der Waals surface area contributed by atoms with E-state index < -0.39 is 6.04 Å². The van der Waals surface area contributed by atoms with Crippen LogP contribution in [0.3, 0.4) is 0 Å². The molecule has 1 N–H and O–H groups in total. The first kappa shape index (κ1) is 16.9. The Morgan fingerprint density at radius 2 is 2.05 bits per heavy atom. The second-order valence-corrected chi connectivity index (χ2v) is 6.38. The summed E-state index contributed by atoms with van der Waals surface area (Å²) in [5, 5.41) is 2.74. The molecule has 6 heteroatoms. The van der Waals surface area contributed by atoms with Crippen LogP contribution in [-0.2, 0) is 14.3 Å². The number of likely N-dealkylation sites (N-methyl/N-ethyl adjacent to an activating group) is 1. The van der Waals surface area contributed by atoms with Crippen LogP contribution in [0.4, 0.5) is 0 Å². The largest absolute Gasteiger partial charge is 0.370 e. The summed E-state index contributed by atoms with van der Waals surface area (Å²) in [7, 11) is 3.36. The van der Waals surface area contributed by atoms with Crippen molar-refractivity contribution in [1.82, 2.24) is 15.1 Å². The third-order valence-electron chi connectivity index (χ3n) is 3.20. The number of rotatable bonds is 4. The highest BCUT2D eigenvalue weighted by molar-refractivity contribution is 5.87. The zero-order valence-electron chi connectivity index (χ0n) is 13.4. The van der Waals surface area contributed by atoms with Gasteiger partial charge in [-0.2, -0.15) is 0 Å². The number of nitrogens with zero attached hydrogens (tertiary/aromatic N) is 2. The number of amides is 2. The Kier molecular flexibility index (Phi) is 5.53. The van der Waals surface area contributed by atoms with E-state index in [0.717, 1.165) is 6.54 Å². The molecule has 2 unspecified atom stereocenters. The van der Waals surface area contributed by atoms with Gasteiger partial charge in [-0.15, -0.1) is 0 Å². The van der Waals surface area contributed by atoms with E-state index in [-0.39, 0.29) is 23.5 Å². The SMILES string of the molecule is CC1CN(CC(=O)NC(C)C(=O)N(C)C)CC(C)(C)O1. The zero-order chi connectivity index (χ0) is 15.5. The van der Waals surface area contributed by atoms with Crippen LogP contribution in [0.25, 0.3) is 0 Å². The van der Waals surface area contributed by atoms with E-state index in [2.05, 4.69) is 10.2 Å². The van der Waals surface area contributed by atoms with Crippen molar-refractivity contribution in [2.24, 2.45) is 0 Å². The van der Waals surface area contributed by atoms with Gasteiger partial charge in [-0.05, 0) is 27.7 Å². The zero-order valence-corrected chi connectivity index (χ0v) is 13.4. The topological polar surface area (TPSA) is 61.9 Å². The average molecular weight is 285 g/mol. The lowest BCUT2D eigenvalue weighted by molar-refractivity contribution is -0.142. The second kappa shape index (κ2) is 6.54. The van der Waals surface area contributed by atoms with Crippen LogP contribution < -0.4 is 5.32 Å². The lowest BCUT2D eigenvalue weighted by atomic mass is 10.1. The van der Waals surface area contributed by atoms with Crippen LogP contribution >= 0.6 is 0 Å². The van der Waals surface area contributed by atoms with E-state index in [4.69, 9.17) is 4.74 Å². The summed E-state index contributed by atoms with van der Waals surface area (Å²) in [6.45, 7) is 9.48. The van der Waals surface area contributed by atoms with E-state index in [1.165, 1.54) is 4.90 Å². The van der Waals surface area contributed by atoms with Gasteiger partial charge in [0.25, 0.3) is 0 Å². The summed E-state index contributed by atoms with van der Waals surface area (Å²) in [6, 6.07) is -0.496. The minimum atomic E-state index is -0.496. The summed E-state index contributed by atoms with van der Waals surface area (Å²) in [5.74, 6) is -0.230. The van der Waals surface area contributed by atoms with E-state index in [1.54, 1.807) is 21.0 Å². The summed E-state index contributed by atoms with van der Waals surface area (Å²) in [4.78, 5) is 27.2. The molecule has 0 aromatic carbocycles.